The number of nitrogens with one attached hydrogen (secondary N) is 1. The molecule has 1 aliphatic rings. The first-order valence-electron chi connectivity index (χ1n) is 8.36. The first kappa shape index (κ1) is 24.8. The summed E-state index contributed by atoms with van der Waals surface area (Å²) in [6, 6.07) is 4.74. The first-order chi connectivity index (χ1) is 14.2. The predicted molar refractivity (Wildman–Crippen MR) is 105 cm³/mol. The van der Waals surface area contributed by atoms with Gasteiger partial charge < -0.3 is 10.2 Å². The molecule has 4 nitrogen and oxygen atoms in total. The molecule has 1 amide bonds. The van der Waals surface area contributed by atoms with Gasteiger partial charge in [0.05, 0.1) is 5.71 Å². The fourth-order valence-electron chi connectivity index (χ4n) is 2.59. The van der Waals surface area contributed by atoms with Crippen LogP contribution in [0.5, 0.6) is 0 Å². The highest BCUT2D eigenvalue weighted by Crippen LogP contribution is 2.46. The van der Waals surface area contributed by atoms with Gasteiger partial charge in [-0.1, -0.05) is 47.1 Å². The van der Waals surface area contributed by atoms with Crippen molar-refractivity contribution < 1.29 is 36.0 Å². The van der Waals surface area contributed by atoms with Crippen molar-refractivity contribution in [1.82, 2.24) is 0 Å². The van der Waals surface area contributed by atoms with Crippen LogP contribution in [0.4, 0.5) is 32.0 Å². The summed E-state index contributed by atoms with van der Waals surface area (Å²) in [5.74, 6) is -2.23. The van der Waals surface area contributed by atoms with Gasteiger partial charge >= 0.3 is 18.3 Å². The average Bonchev–Trinajstić information content (AvgIpc) is 3.07. The lowest BCUT2D eigenvalue weighted by Gasteiger charge is -2.29. The van der Waals surface area contributed by atoms with E-state index in [9.17, 15) is 31.1 Å². The zero-order chi connectivity index (χ0) is 23.6. The Morgan fingerprint density at radius 2 is 1.87 bits per heavy atom. The summed E-state index contributed by atoms with van der Waals surface area (Å²) in [4.78, 5) is 15.8. The van der Waals surface area contributed by atoms with Crippen LogP contribution in [0.15, 0.2) is 63.8 Å². The number of hydrogen-bond acceptors (Lipinski definition) is 3. The fourth-order valence-corrected chi connectivity index (χ4v) is 3.06. The first-order valence-corrected chi connectivity index (χ1v) is 9.12. The molecule has 1 aliphatic heterocycles. The molecular weight excluding hydrogens is 473 g/mol. The molecule has 0 aromatic heterocycles. The van der Waals surface area contributed by atoms with E-state index in [2.05, 4.69) is 11.7 Å². The molecule has 1 heterocycles. The number of oxime groups is 1. The molecule has 0 fully saturated rings. The van der Waals surface area contributed by atoms with E-state index in [1.807, 2.05) is 0 Å². The van der Waals surface area contributed by atoms with Gasteiger partial charge in [-0.25, -0.2) is 0 Å². The summed E-state index contributed by atoms with van der Waals surface area (Å²) in [6.07, 6.45) is -8.77. The van der Waals surface area contributed by atoms with E-state index in [0.717, 1.165) is 18.2 Å². The molecule has 1 aromatic carbocycles. The second-order valence-electron chi connectivity index (χ2n) is 6.45. The van der Waals surface area contributed by atoms with Crippen LogP contribution < -0.4 is 5.32 Å². The number of amides is 1. The maximum absolute atomic E-state index is 13.9. The van der Waals surface area contributed by atoms with E-state index < -0.39 is 35.9 Å². The van der Waals surface area contributed by atoms with Crippen molar-refractivity contribution in [2.75, 3.05) is 5.32 Å². The number of anilines is 1. The van der Waals surface area contributed by atoms with Crippen LogP contribution in [-0.2, 0) is 9.63 Å². The largest absolute Gasteiger partial charge is 0.471 e. The minimum absolute atomic E-state index is 0.0190. The maximum Gasteiger partial charge on any atom is 0.471 e. The van der Waals surface area contributed by atoms with Crippen molar-refractivity contribution >= 4 is 40.5 Å². The minimum Gasteiger partial charge on any atom is -0.374 e. The summed E-state index contributed by atoms with van der Waals surface area (Å²) in [5, 5.41) is 5.18. The Morgan fingerprint density at radius 3 is 2.42 bits per heavy atom. The Kier molecular flexibility index (Phi) is 7.17. The van der Waals surface area contributed by atoms with E-state index >= 15 is 0 Å². The number of halogens is 8. The molecule has 1 N–H and O–H groups in total. The monoisotopic (exact) mass is 486 g/mol. The van der Waals surface area contributed by atoms with E-state index in [1.165, 1.54) is 25.1 Å². The molecule has 1 atom stereocenters. The van der Waals surface area contributed by atoms with Crippen LogP contribution >= 0.6 is 23.2 Å². The number of alkyl halides is 6. The standard InChI is InChI=1S/C19H14Cl2F6N2O2/c1-10(6-13(21)7-11(2)20)17(19(25,26)27)9-15(29-31-17)12-4-3-5-14(8-12)28-16(30)18(22,23)24/h3-8H,1,9H2,2H3,(H,28,30)/b11-7+,13-6+. The Bertz CT molecular complexity index is 978. The third-order valence-corrected chi connectivity index (χ3v) is 4.39. The van der Waals surface area contributed by atoms with Gasteiger partial charge in [0.25, 0.3) is 5.60 Å². The predicted octanol–water partition coefficient (Wildman–Crippen LogP) is 6.43. The molecule has 0 bridgehead atoms. The van der Waals surface area contributed by atoms with E-state index in [4.69, 9.17) is 28.0 Å². The third kappa shape index (κ3) is 5.82. The summed E-state index contributed by atoms with van der Waals surface area (Å²) < 4.78 is 79.0. The van der Waals surface area contributed by atoms with Gasteiger partial charge in [-0.15, -0.1) is 0 Å². The topological polar surface area (TPSA) is 50.7 Å². The lowest BCUT2D eigenvalue weighted by atomic mass is 9.86. The lowest BCUT2D eigenvalue weighted by Crippen LogP contribution is -2.46. The molecule has 0 saturated heterocycles. The van der Waals surface area contributed by atoms with E-state index in [0.29, 0.717) is 0 Å². The summed E-state index contributed by atoms with van der Waals surface area (Å²) in [7, 11) is 0. The molecule has 2 rings (SSSR count). The van der Waals surface area contributed by atoms with Gasteiger partial charge in [-0.3, -0.25) is 4.79 Å². The number of rotatable bonds is 5. The van der Waals surface area contributed by atoms with Crippen molar-refractivity contribution in [3.05, 3.63) is 64.2 Å². The Balaban J connectivity index is 2.33. The Labute approximate surface area is 182 Å². The highest BCUT2D eigenvalue weighted by molar-refractivity contribution is 6.34. The molecule has 0 aliphatic carbocycles. The maximum atomic E-state index is 13.9. The fraction of sp³-hybridized carbons (Fsp3) is 0.263. The molecule has 1 aromatic rings. The molecule has 0 spiro atoms. The van der Waals surface area contributed by atoms with Crippen LogP contribution in [-0.4, -0.2) is 29.6 Å². The zero-order valence-electron chi connectivity index (χ0n) is 15.7. The molecule has 0 radical (unpaired) electrons. The molecule has 168 valence electrons. The van der Waals surface area contributed by atoms with Gasteiger partial charge in [0.2, 0.25) is 0 Å². The molecule has 1 unspecified atom stereocenters. The number of carbonyl (C=O) groups excluding carboxylic acids is 1. The average molecular weight is 487 g/mol. The van der Waals surface area contributed by atoms with Crippen LogP contribution in [0.1, 0.15) is 18.9 Å². The van der Waals surface area contributed by atoms with Crippen LogP contribution in [0.3, 0.4) is 0 Å². The van der Waals surface area contributed by atoms with Gasteiger partial charge in [0.15, 0.2) is 0 Å². The summed E-state index contributed by atoms with van der Waals surface area (Å²) in [5.41, 5.74) is -3.97. The SMILES string of the molecule is C=C(/C=C(Cl)\C=C(/C)Cl)C1(C(F)(F)F)CC(c2cccc(NC(=O)C(F)(F)F)c2)=NO1. The number of hydrogen-bond donors (Lipinski definition) is 1. The number of nitrogens with zero attached hydrogens (tertiary/aromatic N) is 1. The van der Waals surface area contributed by atoms with Gasteiger partial charge in [-0.2, -0.15) is 26.3 Å². The molecular formula is C19H14Cl2F6N2O2. The molecule has 31 heavy (non-hydrogen) atoms. The van der Waals surface area contributed by atoms with Crippen molar-refractivity contribution in [2.24, 2.45) is 5.16 Å². The minimum atomic E-state index is -5.13. The highest BCUT2D eigenvalue weighted by atomic mass is 35.5. The molecule has 12 heteroatoms. The van der Waals surface area contributed by atoms with Crippen LogP contribution in [0.25, 0.3) is 0 Å². The van der Waals surface area contributed by atoms with Gasteiger partial charge in [0, 0.05) is 33.3 Å². The normalized spacial score (nSPS) is 20.2. The van der Waals surface area contributed by atoms with Crippen molar-refractivity contribution in [2.45, 2.75) is 31.3 Å². The van der Waals surface area contributed by atoms with Gasteiger partial charge in [-0.05, 0) is 31.2 Å². The second-order valence-corrected chi connectivity index (χ2v) is 7.48. The zero-order valence-corrected chi connectivity index (χ0v) is 17.2. The number of carbonyl (C=O) groups is 1. The quantitative estimate of drug-likeness (QED) is 0.384. The van der Waals surface area contributed by atoms with Crippen molar-refractivity contribution in [3.8, 4) is 0 Å². The second kappa shape index (κ2) is 8.96. The lowest BCUT2D eigenvalue weighted by molar-refractivity contribution is -0.251. The van der Waals surface area contributed by atoms with Gasteiger partial charge in [0.1, 0.15) is 0 Å². The number of allylic oxidation sites excluding steroid dienone is 3. The highest BCUT2D eigenvalue weighted by Gasteiger charge is 2.62. The third-order valence-electron chi connectivity index (χ3n) is 4.06. The van der Waals surface area contributed by atoms with Crippen molar-refractivity contribution in [3.63, 3.8) is 0 Å². The van der Waals surface area contributed by atoms with Crippen molar-refractivity contribution in [1.29, 1.82) is 0 Å². The van der Waals surface area contributed by atoms with E-state index in [1.54, 1.807) is 5.32 Å². The Morgan fingerprint density at radius 1 is 1.23 bits per heavy atom. The van der Waals surface area contributed by atoms with Crippen LogP contribution in [0, 0.1) is 0 Å². The van der Waals surface area contributed by atoms with Crippen LogP contribution in [0.2, 0.25) is 0 Å². The smallest absolute Gasteiger partial charge is 0.374 e. The number of benzene rings is 1. The Hall–Kier alpha value is -2.46. The molecule has 0 saturated carbocycles. The summed E-state index contributed by atoms with van der Waals surface area (Å²) >= 11 is 11.5. The van der Waals surface area contributed by atoms with E-state index in [-0.39, 0.29) is 27.0 Å². The summed E-state index contributed by atoms with van der Waals surface area (Å²) in [6.45, 7) is 4.87.